The van der Waals surface area contributed by atoms with Crippen LogP contribution in [0.2, 0.25) is 5.02 Å². The SMILES string of the molecule is CCOc1cc(Cl)ccc1-c1ccc2c(c1)N=C(N)N(C)C2N. The molecule has 3 rings (SSSR count). The second-order valence-corrected chi connectivity index (χ2v) is 5.81. The maximum Gasteiger partial charge on any atom is 0.197 e. The molecule has 0 aliphatic carbocycles. The third kappa shape index (κ3) is 2.85. The van der Waals surface area contributed by atoms with Gasteiger partial charge in [-0.2, -0.15) is 0 Å². The van der Waals surface area contributed by atoms with Gasteiger partial charge in [-0.1, -0.05) is 23.7 Å². The smallest absolute Gasteiger partial charge is 0.197 e. The van der Waals surface area contributed by atoms with E-state index in [2.05, 4.69) is 4.99 Å². The van der Waals surface area contributed by atoms with Gasteiger partial charge in [0.15, 0.2) is 5.96 Å². The van der Waals surface area contributed by atoms with Gasteiger partial charge in [-0.05, 0) is 36.8 Å². The van der Waals surface area contributed by atoms with Crippen LogP contribution in [0.15, 0.2) is 41.4 Å². The summed E-state index contributed by atoms with van der Waals surface area (Å²) in [5.41, 5.74) is 15.8. The lowest BCUT2D eigenvalue weighted by atomic mass is 9.99. The zero-order valence-corrected chi connectivity index (χ0v) is 13.8. The first kappa shape index (κ1) is 15.6. The quantitative estimate of drug-likeness (QED) is 0.905. The fourth-order valence-electron chi connectivity index (χ4n) is 2.62. The molecule has 5 nitrogen and oxygen atoms in total. The minimum absolute atomic E-state index is 0.298. The number of nitrogens with two attached hydrogens (primary N) is 2. The van der Waals surface area contributed by atoms with E-state index in [0.29, 0.717) is 17.6 Å². The highest BCUT2D eigenvalue weighted by atomic mass is 35.5. The fourth-order valence-corrected chi connectivity index (χ4v) is 2.78. The van der Waals surface area contributed by atoms with Crippen LogP contribution in [-0.2, 0) is 0 Å². The van der Waals surface area contributed by atoms with Gasteiger partial charge in [0.05, 0.1) is 12.3 Å². The highest BCUT2D eigenvalue weighted by Crippen LogP contribution is 2.38. The number of fused-ring (bicyclic) bond motifs is 1. The summed E-state index contributed by atoms with van der Waals surface area (Å²) in [6, 6.07) is 11.6. The summed E-state index contributed by atoms with van der Waals surface area (Å²) in [6.07, 6.45) is -0.298. The number of rotatable bonds is 3. The molecule has 1 unspecified atom stereocenters. The zero-order valence-electron chi connectivity index (χ0n) is 13.1. The first-order valence-corrected chi connectivity index (χ1v) is 7.78. The average molecular weight is 331 g/mol. The van der Waals surface area contributed by atoms with Gasteiger partial charge in [0.1, 0.15) is 11.9 Å². The summed E-state index contributed by atoms with van der Waals surface area (Å²) in [5.74, 6) is 1.15. The van der Waals surface area contributed by atoms with E-state index >= 15 is 0 Å². The van der Waals surface area contributed by atoms with E-state index in [9.17, 15) is 0 Å². The topological polar surface area (TPSA) is 76.9 Å². The van der Waals surface area contributed by atoms with E-state index in [1.165, 1.54) is 0 Å². The minimum atomic E-state index is -0.298. The second-order valence-electron chi connectivity index (χ2n) is 5.37. The number of benzene rings is 2. The van der Waals surface area contributed by atoms with Crippen LogP contribution in [0, 0.1) is 0 Å². The molecule has 1 heterocycles. The molecule has 0 saturated carbocycles. The molecule has 0 bridgehead atoms. The van der Waals surface area contributed by atoms with Crippen molar-refractivity contribution in [1.29, 1.82) is 0 Å². The van der Waals surface area contributed by atoms with Crippen molar-refractivity contribution in [2.45, 2.75) is 13.1 Å². The van der Waals surface area contributed by atoms with Crippen LogP contribution < -0.4 is 16.2 Å². The van der Waals surface area contributed by atoms with E-state index in [1.54, 1.807) is 4.90 Å². The molecule has 0 radical (unpaired) electrons. The number of guanidine groups is 1. The van der Waals surface area contributed by atoms with Gasteiger partial charge in [0.25, 0.3) is 0 Å². The number of ether oxygens (including phenoxy) is 1. The van der Waals surface area contributed by atoms with Crippen LogP contribution in [0.25, 0.3) is 11.1 Å². The largest absolute Gasteiger partial charge is 0.493 e. The lowest BCUT2D eigenvalue weighted by molar-refractivity contribution is 0.341. The summed E-state index contributed by atoms with van der Waals surface area (Å²) >= 11 is 6.07. The summed E-state index contributed by atoms with van der Waals surface area (Å²) in [7, 11) is 1.83. The molecule has 23 heavy (non-hydrogen) atoms. The molecule has 0 saturated heterocycles. The Hall–Kier alpha value is -2.24. The van der Waals surface area contributed by atoms with Crippen molar-refractivity contribution in [3.05, 3.63) is 47.0 Å². The maximum atomic E-state index is 6.19. The van der Waals surface area contributed by atoms with Gasteiger partial charge in [-0.15, -0.1) is 0 Å². The standard InChI is InChI=1S/C17H19ClN4O/c1-3-23-15-9-11(18)5-7-12(15)10-4-6-13-14(8-10)21-17(20)22(2)16(13)19/h4-9,16H,3,19H2,1-2H3,(H2,20,21). The molecular formula is C17H19ClN4O. The average Bonchev–Trinajstić information content (AvgIpc) is 2.53. The second kappa shape index (κ2) is 6.10. The lowest BCUT2D eigenvalue weighted by Crippen LogP contribution is -2.42. The van der Waals surface area contributed by atoms with Crippen LogP contribution in [0.4, 0.5) is 5.69 Å². The number of hydrogen-bond donors (Lipinski definition) is 2. The molecule has 0 amide bonds. The van der Waals surface area contributed by atoms with Crippen LogP contribution in [0.5, 0.6) is 5.75 Å². The number of hydrogen-bond acceptors (Lipinski definition) is 5. The molecule has 0 aromatic heterocycles. The van der Waals surface area contributed by atoms with Crippen molar-refractivity contribution in [3.63, 3.8) is 0 Å². The Kier molecular flexibility index (Phi) is 4.15. The Balaban J connectivity index is 2.10. The van der Waals surface area contributed by atoms with E-state index in [1.807, 2.05) is 50.4 Å². The van der Waals surface area contributed by atoms with Crippen molar-refractivity contribution in [1.82, 2.24) is 4.90 Å². The van der Waals surface area contributed by atoms with Gasteiger partial charge in [-0.25, -0.2) is 4.99 Å². The van der Waals surface area contributed by atoms with Gasteiger partial charge in [-0.3, -0.25) is 0 Å². The zero-order chi connectivity index (χ0) is 16.6. The number of aliphatic imine (C=N–C) groups is 1. The predicted molar refractivity (Wildman–Crippen MR) is 94.0 cm³/mol. The molecule has 1 aliphatic rings. The van der Waals surface area contributed by atoms with Crippen molar-refractivity contribution in [3.8, 4) is 16.9 Å². The van der Waals surface area contributed by atoms with Gasteiger partial charge < -0.3 is 21.1 Å². The van der Waals surface area contributed by atoms with E-state index in [0.717, 1.165) is 28.1 Å². The molecule has 4 N–H and O–H groups in total. The fraction of sp³-hybridized carbons (Fsp3) is 0.235. The van der Waals surface area contributed by atoms with Crippen molar-refractivity contribution in [2.24, 2.45) is 16.5 Å². The molecule has 0 spiro atoms. The molecule has 120 valence electrons. The lowest BCUT2D eigenvalue weighted by Gasteiger charge is -2.31. The molecule has 0 fully saturated rings. The van der Waals surface area contributed by atoms with Gasteiger partial charge >= 0.3 is 0 Å². The third-order valence-electron chi connectivity index (χ3n) is 3.92. The van der Waals surface area contributed by atoms with Gasteiger partial charge in [0.2, 0.25) is 0 Å². The maximum absolute atomic E-state index is 6.19. The number of halogens is 1. The van der Waals surface area contributed by atoms with E-state index in [4.69, 9.17) is 27.8 Å². The highest BCUT2D eigenvalue weighted by Gasteiger charge is 2.23. The molecule has 6 heteroatoms. The summed E-state index contributed by atoms with van der Waals surface area (Å²) < 4.78 is 5.70. The van der Waals surface area contributed by atoms with Crippen LogP contribution in [0.3, 0.4) is 0 Å². The molecule has 2 aromatic rings. The summed E-state index contributed by atoms with van der Waals surface area (Å²) in [5, 5.41) is 0.640. The number of nitrogens with zero attached hydrogens (tertiary/aromatic N) is 2. The van der Waals surface area contributed by atoms with E-state index in [-0.39, 0.29) is 6.17 Å². The van der Waals surface area contributed by atoms with Crippen LogP contribution >= 0.6 is 11.6 Å². The summed E-state index contributed by atoms with van der Waals surface area (Å²) in [6.45, 7) is 2.51. The highest BCUT2D eigenvalue weighted by molar-refractivity contribution is 6.30. The monoisotopic (exact) mass is 330 g/mol. The molecular weight excluding hydrogens is 312 g/mol. The van der Waals surface area contributed by atoms with Crippen molar-refractivity contribution >= 4 is 23.2 Å². The molecule has 2 aromatic carbocycles. The summed E-state index contributed by atoms with van der Waals surface area (Å²) in [4.78, 5) is 6.18. The van der Waals surface area contributed by atoms with Crippen molar-refractivity contribution in [2.75, 3.05) is 13.7 Å². The Morgan fingerprint density at radius 3 is 2.78 bits per heavy atom. The predicted octanol–water partition coefficient (Wildman–Crippen LogP) is 3.25. The molecule has 1 atom stereocenters. The third-order valence-corrected chi connectivity index (χ3v) is 4.15. The minimum Gasteiger partial charge on any atom is -0.493 e. The normalized spacial score (nSPS) is 16.8. The van der Waals surface area contributed by atoms with Gasteiger partial charge in [0, 0.05) is 23.2 Å². The van der Waals surface area contributed by atoms with Crippen LogP contribution in [0.1, 0.15) is 18.7 Å². The Morgan fingerprint density at radius 2 is 2.04 bits per heavy atom. The Morgan fingerprint density at radius 1 is 1.26 bits per heavy atom. The Labute approximate surface area is 140 Å². The van der Waals surface area contributed by atoms with E-state index < -0.39 is 0 Å². The van der Waals surface area contributed by atoms with Crippen molar-refractivity contribution < 1.29 is 4.74 Å². The first-order valence-electron chi connectivity index (χ1n) is 7.40. The van der Waals surface area contributed by atoms with Crippen LogP contribution in [-0.4, -0.2) is 24.5 Å². The Bertz CT molecular complexity index is 775. The first-order chi connectivity index (χ1) is 11.0. The molecule has 1 aliphatic heterocycles.